The second-order valence-corrected chi connectivity index (χ2v) is 7.38. The van der Waals surface area contributed by atoms with Crippen molar-refractivity contribution < 1.29 is 23.8 Å². The number of carbonyl (C=O) groups is 2. The van der Waals surface area contributed by atoms with E-state index in [1.807, 2.05) is 6.07 Å². The van der Waals surface area contributed by atoms with Crippen molar-refractivity contribution >= 4 is 23.7 Å². The molecule has 5 nitrogen and oxygen atoms in total. The lowest BCUT2D eigenvalue weighted by Gasteiger charge is -2.24. The molecule has 0 aliphatic heterocycles. The SMILES string of the molecule is COC(=O)C(C)(C)Oc1cccc(SC(C)(C)C(=O)OC)c1. The first-order valence-electron chi connectivity index (χ1n) is 6.77. The van der Waals surface area contributed by atoms with Crippen molar-refractivity contribution in [1.82, 2.24) is 0 Å². The molecule has 0 bridgehead atoms. The highest BCUT2D eigenvalue weighted by Gasteiger charge is 2.32. The van der Waals surface area contributed by atoms with Gasteiger partial charge in [-0.2, -0.15) is 0 Å². The molecule has 0 fully saturated rings. The second-order valence-electron chi connectivity index (χ2n) is 5.68. The predicted molar refractivity (Wildman–Crippen MR) is 85.1 cm³/mol. The molecule has 0 aromatic heterocycles. The molecule has 1 aromatic rings. The molecule has 0 atom stereocenters. The first kappa shape index (κ1) is 18.4. The number of hydrogen-bond acceptors (Lipinski definition) is 6. The van der Waals surface area contributed by atoms with Gasteiger partial charge < -0.3 is 14.2 Å². The number of rotatable bonds is 6. The Bertz CT molecular complexity index is 506. The van der Waals surface area contributed by atoms with E-state index in [4.69, 9.17) is 14.2 Å². The van der Waals surface area contributed by atoms with Gasteiger partial charge in [-0.15, -0.1) is 11.8 Å². The van der Waals surface area contributed by atoms with Crippen LogP contribution in [0.3, 0.4) is 0 Å². The van der Waals surface area contributed by atoms with Gasteiger partial charge in [0.15, 0.2) is 5.60 Å². The number of thioether (sulfide) groups is 1. The topological polar surface area (TPSA) is 61.8 Å². The molecule has 0 N–H and O–H groups in total. The number of esters is 2. The van der Waals surface area contributed by atoms with Crippen LogP contribution in [0, 0.1) is 0 Å². The van der Waals surface area contributed by atoms with Gasteiger partial charge in [0.1, 0.15) is 10.5 Å². The molecule has 6 heteroatoms. The summed E-state index contributed by atoms with van der Waals surface area (Å²) in [5.74, 6) is -0.236. The Balaban J connectivity index is 2.91. The molecule has 0 spiro atoms. The third-order valence-electron chi connectivity index (χ3n) is 2.91. The standard InChI is InChI=1S/C16H22O5S/c1-15(2,13(17)19-5)21-11-8-7-9-12(10-11)22-16(3,4)14(18)20-6/h7-10H,1-6H3. The van der Waals surface area contributed by atoms with E-state index in [2.05, 4.69) is 0 Å². The zero-order chi connectivity index (χ0) is 17.0. The van der Waals surface area contributed by atoms with E-state index in [0.717, 1.165) is 4.90 Å². The summed E-state index contributed by atoms with van der Waals surface area (Å²) in [6, 6.07) is 7.20. The molecule has 0 unspecified atom stereocenters. The smallest absolute Gasteiger partial charge is 0.349 e. The minimum atomic E-state index is -1.09. The lowest BCUT2D eigenvalue weighted by atomic mass is 10.1. The third-order valence-corrected chi connectivity index (χ3v) is 4.07. The maximum absolute atomic E-state index is 11.7. The van der Waals surface area contributed by atoms with Gasteiger partial charge in [0.2, 0.25) is 0 Å². The van der Waals surface area contributed by atoms with Crippen molar-refractivity contribution in [2.75, 3.05) is 14.2 Å². The Morgan fingerprint density at radius 2 is 1.59 bits per heavy atom. The normalized spacial score (nSPS) is 11.7. The maximum atomic E-state index is 11.7. The minimum Gasteiger partial charge on any atom is -0.476 e. The Morgan fingerprint density at radius 1 is 1.00 bits per heavy atom. The van der Waals surface area contributed by atoms with Crippen LogP contribution in [0.4, 0.5) is 0 Å². The molecule has 0 amide bonds. The summed E-state index contributed by atoms with van der Waals surface area (Å²) in [7, 11) is 2.68. The first-order valence-corrected chi connectivity index (χ1v) is 7.59. The average Bonchev–Trinajstić information content (AvgIpc) is 2.44. The Morgan fingerprint density at radius 3 is 2.14 bits per heavy atom. The molecule has 1 rings (SSSR count). The van der Waals surface area contributed by atoms with Gasteiger partial charge >= 0.3 is 11.9 Å². The van der Waals surface area contributed by atoms with Crippen LogP contribution < -0.4 is 4.74 Å². The van der Waals surface area contributed by atoms with E-state index >= 15 is 0 Å². The molecule has 122 valence electrons. The zero-order valence-electron chi connectivity index (χ0n) is 13.8. The van der Waals surface area contributed by atoms with Crippen molar-refractivity contribution in [2.24, 2.45) is 0 Å². The van der Waals surface area contributed by atoms with E-state index in [1.165, 1.54) is 26.0 Å². The molecule has 0 saturated carbocycles. The lowest BCUT2D eigenvalue weighted by molar-refractivity contribution is -0.156. The van der Waals surface area contributed by atoms with Crippen LogP contribution in [0.1, 0.15) is 27.7 Å². The fourth-order valence-corrected chi connectivity index (χ4v) is 2.84. The minimum absolute atomic E-state index is 0.307. The van der Waals surface area contributed by atoms with Crippen LogP contribution in [0.25, 0.3) is 0 Å². The van der Waals surface area contributed by atoms with Crippen molar-refractivity contribution in [1.29, 1.82) is 0 Å². The Labute approximate surface area is 135 Å². The van der Waals surface area contributed by atoms with Crippen molar-refractivity contribution in [3.8, 4) is 5.75 Å². The van der Waals surface area contributed by atoms with E-state index in [9.17, 15) is 9.59 Å². The molecule has 0 saturated heterocycles. The summed E-state index contributed by atoms with van der Waals surface area (Å²) in [6.07, 6.45) is 0. The third kappa shape index (κ3) is 4.66. The van der Waals surface area contributed by atoms with E-state index in [0.29, 0.717) is 5.75 Å². The number of benzene rings is 1. The largest absolute Gasteiger partial charge is 0.476 e. The second kappa shape index (κ2) is 7.05. The molecule has 0 aliphatic carbocycles. The Kier molecular flexibility index (Phi) is 5.88. The van der Waals surface area contributed by atoms with E-state index < -0.39 is 16.3 Å². The molecule has 0 aliphatic rings. The monoisotopic (exact) mass is 326 g/mol. The molecular weight excluding hydrogens is 304 g/mol. The maximum Gasteiger partial charge on any atom is 0.349 e. The summed E-state index contributed by atoms with van der Waals surface area (Å²) < 4.78 is 14.5. The molecule has 0 radical (unpaired) electrons. The van der Waals surface area contributed by atoms with Crippen LogP contribution >= 0.6 is 11.8 Å². The van der Waals surface area contributed by atoms with Gasteiger partial charge in [-0.3, -0.25) is 4.79 Å². The molecule has 1 aromatic carbocycles. The van der Waals surface area contributed by atoms with Crippen LogP contribution in [0.5, 0.6) is 5.75 Å². The fraction of sp³-hybridized carbons (Fsp3) is 0.500. The highest BCUT2D eigenvalue weighted by Crippen LogP contribution is 2.35. The summed E-state index contributed by atoms with van der Waals surface area (Å²) in [5, 5.41) is 0. The summed E-state index contributed by atoms with van der Waals surface area (Å²) in [4.78, 5) is 24.3. The summed E-state index contributed by atoms with van der Waals surface area (Å²) >= 11 is 1.36. The number of hydrogen-bond donors (Lipinski definition) is 0. The average molecular weight is 326 g/mol. The fourth-order valence-electron chi connectivity index (χ4n) is 1.77. The lowest BCUT2D eigenvalue weighted by Crippen LogP contribution is -2.39. The summed E-state index contributed by atoms with van der Waals surface area (Å²) in [5.41, 5.74) is -1.09. The van der Waals surface area contributed by atoms with Crippen LogP contribution in [0.15, 0.2) is 29.2 Å². The highest BCUT2D eigenvalue weighted by molar-refractivity contribution is 8.01. The van der Waals surface area contributed by atoms with E-state index in [1.54, 1.807) is 45.9 Å². The predicted octanol–water partition coefficient (Wildman–Crippen LogP) is 3.06. The highest BCUT2D eigenvalue weighted by atomic mass is 32.2. The molecule has 0 heterocycles. The first-order chi connectivity index (χ1) is 10.1. The van der Waals surface area contributed by atoms with Gasteiger partial charge in [0, 0.05) is 4.90 Å². The Hall–Kier alpha value is -1.69. The van der Waals surface area contributed by atoms with Crippen molar-refractivity contribution in [2.45, 2.75) is 42.9 Å². The van der Waals surface area contributed by atoms with Crippen LogP contribution in [-0.4, -0.2) is 36.5 Å². The van der Waals surface area contributed by atoms with Crippen molar-refractivity contribution in [3.63, 3.8) is 0 Å². The van der Waals surface area contributed by atoms with E-state index in [-0.39, 0.29) is 5.97 Å². The number of ether oxygens (including phenoxy) is 3. The zero-order valence-corrected chi connectivity index (χ0v) is 14.6. The van der Waals surface area contributed by atoms with Gasteiger partial charge in [-0.05, 0) is 45.9 Å². The van der Waals surface area contributed by atoms with Crippen LogP contribution in [-0.2, 0) is 19.1 Å². The number of methoxy groups -OCH3 is 2. The van der Waals surface area contributed by atoms with Crippen LogP contribution in [0.2, 0.25) is 0 Å². The number of carbonyl (C=O) groups excluding carboxylic acids is 2. The van der Waals surface area contributed by atoms with Gasteiger partial charge in [-0.25, -0.2) is 4.79 Å². The molecule has 22 heavy (non-hydrogen) atoms. The quantitative estimate of drug-likeness (QED) is 0.591. The van der Waals surface area contributed by atoms with Crippen molar-refractivity contribution in [3.05, 3.63) is 24.3 Å². The van der Waals surface area contributed by atoms with Gasteiger partial charge in [-0.1, -0.05) is 6.07 Å². The molecular formula is C16H22O5S. The summed E-state index contributed by atoms with van der Waals surface area (Å²) in [6.45, 7) is 6.85. The van der Waals surface area contributed by atoms with Gasteiger partial charge in [0.25, 0.3) is 0 Å². The van der Waals surface area contributed by atoms with Gasteiger partial charge in [0.05, 0.1) is 14.2 Å².